The fourth-order valence-electron chi connectivity index (χ4n) is 3.34. The Bertz CT molecular complexity index is 1150. The van der Waals surface area contributed by atoms with Gasteiger partial charge >= 0.3 is 33.0 Å². The van der Waals surface area contributed by atoms with Crippen molar-refractivity contribution in [2.75, 3.05) is 0 Å². The van der Waals surface area contributed by atoms with E-state index in [0.717, 1.165) is 0 Å². The van der Waals surface area contributed by atoms with E-state index in [4.69, 9.17) is 10.5 Å². The van der Waals surface area contributed by atoms with E-state index in [1.807, 2.05) is 41.6 Å². The summed E-state index contributed by atoms with van der Waals surface area (Å²) in [5, 5.41) is 0. The van der Waals surface area contributed by atoms with Gasteiger partial charge in [-0.25, -0.2) is 13.2 Å². The summed E-state index contributed by atoms with van der Waals surface area (Å²) in [7, 11) is 0.547. The molecular weight excluding hydrogens is 573 g/mol. The molecule has 0 heterocycles. The minimum absolute atomic E-state index is 0. The van der Waals surface area contributed by atoms with Gasteiger partial charge in [-0.3, -0.25) is 0 Å². The van der Waals surface area contributed by atoms with Crippen molar-refractivity contribution in [3.63, 3.8) is 0 Å². The van der Waals surface area contributed by atoms with Gasteiger partial charge in [-0.05, 0) is 25.5 Å². The minimum atomic E-state index is -4.02. The molecule has 3 aromatic rings. The predicted octanol–water partition coefficient (Wildman–Crippen LogP) is 7.13. The first-order valence-corrected chi connectivity index (χ1v) is 14.3. The SMILES string of the molecule is CC(C)OC(=O)c1ccccc1CS(=O)(=O)[N-]C(c1ccccc1)C([NH-])c1ccccc1.[CH3-].[Cl][Ru+3]. The number of sulfonamides is 1. The Morgan fingerprint density at radius 3 is 1.94 bits per heavy atom. The maximum absolute atomic E-state index is 13.1. The first-order valence-electron chi connectivity index (χ1n) is 10.4. The Morgan fingerprint density at radius 2 is 1.40 bits per heavy atom. The van der Waals surface area contributed by atoms with Crippen molar-refractivity contribution in [2.24, 2.45) is 0 Å². The second kappa shape index (κ2) is 15.1. The van der Waals surface area contributed by atoms with Crippen molar-refractivity contribution in [1.82, 2.24) is 0 Å². The summed E-state index contributed by atoms with van der Waals surface area (Å²) in [6, 6.07) is 22.6. The van der Waals surface area contributed by atoms with Crippen LogP contribution in [0.2, 0.25) is 0 Å². The van der Waals surface area contributed by atoms with Crippen LogP contribution in [0.5, 0.6) is 0 Å². The predicted molar refractivity (Wildman–Crippen MR) is 138 cm³/mol. The molecule has 1 N–H and O–H groups in total. The molecule has 0 fully saturated rings. The number of esters is 1. The first-order chi connectivity index (χ1) is 16.3. The zero-order chi connectivity index (χ0) is 25.1. The van der Waals surface area contributed by atoms with E-state index >= 15 is 0 Å². The van der Waals surface area contributed by atoms with Gasteiger partial charge in [0.15, 0.2) is 0 Å². The van der Waals surface area contributed by atoms with Crippen LogP contribution in [-0.4, -0.2) is 20.5 Å². The molecule has 0 amide bonds. The Hall–Kier alpha value is -2.09. The van der Waals surface area contributed by atoms with E-state index in [1.54, 1.807) is 74.5 Å². The Labute approximate surface area is 223 Å². The van der Waals surface area contributed by atoms with Gasteiger partial charge < -0.3 is 22.6 Å². The molecule has 0 radical (unpaired) electrons. The van der Waals surface area contributed by atoms with Crippen LogP contribution in [-0.2, 0) is 37.8 Å². The summed E-state index contributed by atoms with van der Waals surface area (Å²) >= 11 is 1.82. The maximum atomic E-state index is 13.1. The van der Waals surface area contributed by atoms with Crippen LogP contribution in [0.15, 0.2) is 84.9 Å². The number of halogens is 1. The van der Waals surface area contributed by atoms with Crippen LogP contribution >= 0.6 is 9.69 Å². The molecule has 0 aliphatic heterocycles. The third-order valence-corrected chi connectivity index (χ3v) is 6.03. The molecule has 6 nitrogen and oxygen atoms in total. The Balaban J connectivity index is 0.00000199. The summed E-state index contributed by atoms with van der Waals surface area (Å²) in [5.74, 6) is -1.03. The van der Waals surface area contributed by atoms with Crippen molar-refractivity contribution in [2.45, 2.75) is 37.8 Å². The van der Waals surface area contributed by atoms with E-state index in [0.29, 0.717) is 16.7 Å². The number of benzene rings is 3. The second-order valence-electron chi connectivity index (χ2n) is 7.69. The zero-order valence-corrected chi connectivity index (χ0v) is 23.1. The van der Waals surface area contributed by atoms with Crippen LogP contribution in [0.25, 0.3) is 10.5 Å². The van der Waals surface area contributed by atoms with E-state index in [9.17, 15) is 13.2 Å². The number of rotatable bonds is 9. The fourth-order valence-corrected chi connectivity index (χ4v) is 4.65. The van der Waals surface area contributed by atoms with Gasteiger partial charge in [-0.1, -0.05) is 90.0 Å². The quantitative estimate of drug-likeness (QED) is 0.148. The monoisotopic (exact) mass is 602 g/mol. The number of ether oxygens (including phenoxy) is 1. The van der Waals surface area contributed by atoms with Gasteiger partial charge in [-0.15, -0.1) is 12.1 Å². The first kappa shape index (κ1) is 30.9. The van der Waals surface area contributed by atoms with Crippen molar-refractivity contribution < 1.29 is 35.3 Å². The van der Waals surface area contributed by atoms with Crippen molar-refractivity contribution in [3.8, 4) is 0 Å². The van der Waals surface area contributed by atoms with E-state index < -0.39 is 33.8 Å². The summed E-state index contributed by atoms with van der Waals surface area (Å²) in [4.78, 5) is 12.4. The molecule has 9 heteroatoms. The summed E-state index contributed by atoms with van der Waals surface area (Å²) in [6.45, 7) is 3.46. The molecule has 3 aromatic carbocycles. The van der Waals surface area contributed by atoms with Crippen molar-refractivity contribution >= 4 is 25.7 Å². The number of carbonyl (C=O) groups is 1. The third kappa shape index (κ3) is 9.47. The Kier molecular flexibility index (Phi) is 13.4. The molecule has 0 saturated heterocycles. The van der Waals surface area contributed by atoms with Gasteiger partial charge in [-0.2, -0.15) is 0 Å². The average molecular weight is 602 g/mol. The van der Waals surface area contributed by atoms with Crippen LogP contribution in [0.3, 0.4) is 0 Å². The van der Waals surface area contributed by atoms with Gasteiger partial charge in [0, 0.05) is 0 Å². The molecule has 0 bridgehead atoms. The summed E-state index contributed by atoms with van der Waals surface area (Å²) < 4.78 is 35.6. The normalized spacial score (nSPS) is 12.5. The van der Waals surface area contributed by atoms with Crippen LogP contribution in [0, 0.1) is 7.43 Å². The number of carbonyl (C=O) groups excluding carboxylic acids is 1. The number of nitrogens with one attached hydrogen (secondary N) is 1. The van der Waals surface area contributed by atoms with Crippen molar-refractivity contribution in [3.05, 3.63) is 125 Å². The van der Waals surface area contributed by atoms with Crippen LogP contribution < -0.4 is 0 Å². The molecule has 2 unspecified atom stereocenters. The topological polar surface area (TPSA) is 98.3 Å². The summed E-state index contributed by atoms with van der Waals surface area (Å²) in [6.07, 6.45) is -0.325. The van der Waals surface area contributed by atoms with E-state index in [1.165, 1.54) is 0 Å². The van der Waals surface area contributed by atoms with E-state index in [2.05, 4.69) is 14.4 Å². The van der Waals surface area contributed by atoms with Gasteiger partial charge in [0.05, 0.1) is 27.4 Å². The van der Waals surface area contributed by atoms with Crippen LogP contribution in [0.1, 0.15) is 53.0 Å². The molecule has 35 heavy (non-hydrogen) atoms. The zero-order valence-electron chi connectivity index (χ0n) is 19.7. The third-order valence-electron chi connectivity index (χ3n) is 4.81. The molecule has 0 spiro atoms. The van der Waals surface area contributed by atoms with Crippen LogP contribution in [0.4, 0.5) is 0 Å². The molecule has 2 atom stereocenters. The Morgan fingerprint density at radius 1 is 0.914 bits per heavy atom. The average Bonchev–Trinajstić information content (AvgIpc) is 2.84. The molecule has 3 rings (SSSR count). The van der Waals surface area contributed by atoms with Crippen molar-refractivity contribution in [1.29, 1.82) is 0 Å². The number of hydrogen-bond acceptors (Lipinski definition) is 4. The van der Waals surface area contributed by atoms with E-state index in [-0.39, 0.29) is 19.1 Å². The number of hydrogen-bond donors (Lipinski definition) is 0. The van der Waals surface area contributed by atoms with Gasteiger partial charge in [0.25, 0.3) is 0 Å². The number of nitrogens with zero attached hydrogens (tertiary/aromatic N) is 1. The van der Waals surface area contributed by atoms with Gasteiger partial charge in [0.1, 0.15) is 0 Å². The molecule has 0 aliphatic rings. The molecule has 188 valence electrons. The van der Waals surface area contributed by atoms with Gasteiger partial charge in [0.2, 0.25) is 0 Å². The fraction of sp³-hybridized carbons (Fsp3) is 0.231. The summed E-state index contributed by atoms with van der Waals surface area (Å²) in [5.41, 5.74) is 10.5. The molecule has 0 saturated carbocycles. The standard InChI is InChI=1S/C25H26N2O4S.CH3.ClH.Ru/c1-18(2)31-25(28)22-16-10-9-15-21(22)17-32(29,30)27-24(20-13-7-4-8-14-20)23(26)19-11-5-3-6-12-19;;;/h3-16,18,23-24,26H,17H2,1-2H3;1H3;1H;/q-2;-1;;+4/p-1. The molecule has 0 aromatic heterocycles. The molecular formula is C26H29ClN2O4RuS. The second-order valence-corrected chi connectivity index (χ2v) is 9.35. The molecule has 0 aliphatic carbocycles.